The Labute approximate surface area is 127 Å². The number of aryl methyl sites for hydroxylation is 3. The maximum absolute atomic E-state index is 11.2. The highest BCUT2D eigenvalue weighted by Crippen LogP contribution is 2.31. The number of nitrogens with one attached hydrogen (secondary N) is 1. The van der Waals surface area contributed by atoms with Crippen LogP contribution in [0.2, 0.25) is 0 Å². The number of thiazole rings is 1. The van der Waals surface area contributed by atoms with Crippen LogP contribution in [0.4, 0.5) is 10.9 Å². The number of anilines is 2. The molecule has 0 saturated heterocycles. The number of fused-ring (bicyclic) bond motifs is 1. The molecule has 2 aromatic heterocycles. The highest BCUT2D eigenvalue weighted by atomic mass is 32.1. The van der Waals surface area contributed by atoms with Gasteiger partial charge >= 0.3 is 5.97 Å². The molecule has 21 heavy (non-hydrogen) atoms. The fourth-order valence-corrected chi connectivity index (χ4v) is 3.53. The molecule has 0 amide bonds. The maximum Gasteiger partial charge on any atom is 0.335 e. The topological polar surface area (TPSA) is 75.1 Å². The highest BCUT2D eigenvalue weighted by Gasteiger charge is 2.16. The summed E-state index contributed by atoms with van der Waals surface area (Å²) >= 11 is 1.65. The average Bonchev–Trinajstić information content (AvgIpc) is 2.88. The number of carbonyl (C=O) groups is 1. The summed E-state index contributed by atoms with van der Waals surface area (Å²) in [6.45, 7) is 1.96. The van der Waals surface area contributed by atoms with Gasteiger partial charge in [0.05, 0.1) is 11.3 Å². The molecule has 110 valence electrons. The second-order valence-corrected chi connectivity index (χ2v) is 6.20. The summed E-state index contributed by atoms with van der Waals surface area (Å²) < 4.78 is 0. The fraction of sp³-hybridized carbons (Fsp3) is 0.400. The van der Waals surface area contributed by atoms with Crippen molar-refractivity contribution < 1.29 is 9.90 Å². The minimum atomic E-state index is -0.936. The second kappa shape index (κ2) is 5.81. The van der Waals surface area contributed by atoms with Gasteiger partial charge in [-0.25, -0.2) is 14.8 Å². The van der Waals surface area contributed by atoms with Crippen LogP contribution in [0.3, 0.4) is 0 Å². The van der Waals surface area contributed by atoms with Crippen LogP contribution < -0.4 is 5.32 Å². The van der Waals surface area contributed by atoms with Gasteiger partial charge in [0.2, 0.25) is 0 Å². The summed E-state index contributed by atoms with van der Waals surface area (Å²) in [6, 6.07) is 3.17. The zero-order valence-electron chi connectivity index (χ0n) is 11.8. The van der Waals surface area contributed by atoms with E-state index in [-0.39, 0.29) is 5.56 Å². The van der Waals surface area contributed by atoms with Gasteiger partial charge in [-0.1, -0.05) is 6.92 Å². The first-order valence-corrected chi connectivity index (χ1v) is 7.97. The first-order chi connectivity index (χ1) is 10.2. The summed E-state index contributed by atoms with van der Waals surface area (Å²) in [4.78, 5) is 21.5. The van der Waals surface area contributed by atoms with Crippen molar-refractivity contribution in [3.63, 3.8) is 0 Å². The summed E-state index contributed by atoms with van der Waals surface area (Å²) in [5.41, 5.74) is 2.20. The Morgan fingerprint density at radius 3 is 2.86 bits per heavy atom. The normalized spacial score (nSPS) is 13.8. The zero-order chi connectivity index (χ0) is 14.8. The SMILES string of the molecule is CCc1cc(C(=O)O)cc(Nc2nc3c(s2)CCCC3)n1. The third kappa shape index (κ3) is 3.05. The Morgan fingerprint density at radius 1 is 1.33 bits per heavy atom. The number of pyridine rings is 1. The van der Waals surface area contributed by atoms with Crippen molar-refractivity contribution in [3.05, 3.63) is 34.0 Å². The predicted molar refractivity (Wildman–Crippen MR) is 82.6 cm³/mol. The first kappa shape index (κ1) is 14.0. The zero-order valence-corrected chi connectivity index (χ0v) is 12.7. The number of rotatable bonds is 4. The molecule has 0 bridgehead atoms. The van der Waals surface area contributed by atoms with Crippen LogP contribution in [0, 0.1) is 0 Å². The summed E-state index contributed by atoms with van der Waals surface area (Å²) in [5, 5.41) is 13.1. The van der Waals surface area contributed by atoms with Crippen molar-refractivity contribution in [1.82, 2.24) is 9.97 Å². The molecule has 0 fully saturated rings. The predicted octanol–water partition coefficient (Wildman–Crippen LogP) is 3.42. The molecule has 1 aliphatic carbocycles. The van der Waals surface area contributed by atoms with E-state index in [1.165, 1.54) is 23.4 Å². The lowest BCUT2D eigenvalue weighted by atomic mass is 10.0. The molecule has 0 unspecified atom stereocenters. The van der Waals surface area contributed by atoms with Gasteiger partial charge in [-0.3, -0.25) is 0 Å². The molecule has 5 nitrogen and oxygen atoms in total. The lowest BCUT2D eigenvalue weighted by Gasteiger charge is -2.06. The van der Waals surface area contributed by atoms with E-state index in [1.807, 2.05) is 6.92 Å². The van der Waals surface area contributed by atoms with Crippen molar-refractivity contribution in [2.45, 2.75) is 39.0 Å². The molecule has 1 aliphatic rings. The summed E-state index contributed by atoms with van der Waals surface area (Å²) in [6.07, 6.45) is 5.25. The average molecular weight is 303 g/mol. The van der Waals surface area contributed by atoms with Crippen molar-refractivity contribution >= 4 is 28.3 Å². The quantitative estimate of drug-likeness (QED) is 0.905. The van der Waals surface area contributed by atoms with Gasteiger partial charge in [0.15, 0.2) is 5.13 Å². The van der Waals surface area contributed by atoms with E-state index in [2.05, 4.69) is 15.3 Å². The number of aromatic carboxylic acids is 1. The Balaban J connectivity index is 1.88. The van der Waals surface area contributed by atoms with Gasteiger partial charge in [0.25, 0.3) is 0 Å². The molecule has 2 aromatic rings. The van der Waals surface area contributed by atoms with E-state index < -0.39 is 5.97 Å². The van der Waals surface area contributed by atoms with Crippen LogP contribution in [-0.4, -0.2) is 21.0 Å². The molecule has 6 heteroatoms. The molecule has 2 N–H and O–H groups in total. The van der Waals surface area contributed by atoms with Crippen molar-refractivity contribution in [2.24, 2.45) is 0 Å². The van der Waals surface area contributed by atoms with Gasteiger partial charge in [-0.15, -0.1) is 11.3 Å². The lowest BCUT2D eigenvalue weighted by molar-refractivity contribution is 0.0696. The molecule has 0 radical (unpaired) electrons. The second-order valence-electron chi connectivity index (χ2n) is 5.11. The minimum Gasteiger partial charge on any atom is -0.478 e. The van der Waals surface area contributed by atoms with E-state index >= 15 is 0 Å². The van der Waals surface area contributed by atoms with Gasteiger partial charge < -0.3 is 10.4 Å². The van der Waals surface area contributed by atoms with E-state index in [9.17, 15) is 4.79 Å². The van der Waals surface area contributed by atoms with Gasteiger partial charge in [-0.2, -0.15) is 0 Å². The third-order valence-corrected chi connectivity index (χ3v) is 4.64. The number of aromatic nitrogens is 2. The van der Waals surface area contributed by atoms with Gasteiger partial charge in [-0.05, 0) is 44.2 Å². The Morgan fingerprint density at radius 2 is 2.14 bits per heavy atom. The summed E-state index contributed by atoms with van der Waals surface area (Å²) in [7, 11) is 0. The monoisotopic (exact) mass is 303 g/mol. The largest absolute Gasteiger partial charge is 0.478 e. The molecule has 0 atom stereocenters. The maximum atomic E-state index is 11.2. The first-order valence-electron chi connectivity index (χ1n) is 7.15. The van der Waals surface area contributed by atoms with Crippen LogP contribution in [0.5, 0.6) is 0 Å². The van der Waals surface area contributed by atoms with E-state index in [0.29, 0.717) is 12.2 Å². The van der Waals surface area contributed by atoms with Gasteiger partial charge in [0, 0.05) is 10.6 Å². The van der Waals surface area contributed by atoms with E-state index in [1.54, 1.807) is 23.5 Å². The molecular weight excluding hydrogens is 286 g/mol. The summed E-state index contributed by atoms with van der Waals surface area (Å²) in [5.74, 6) is -0.383. The standard InChI is InChI=1S/C15H17N3O2S/c1-2-10-7-9(14(19)20)8-13(16-10)18-15-17-11-5-3-4-6-12(11)21-15/h7-8H,2-6H2,1H3,(H,19,20)(H,16,17,18). The Bertz CT molecular complexity index is 658. The number of nitrogens with zero attached hydrogens (tertiary/aromatic N) is 2. The van der Waals surface area contributed by atoms with E-state index in [0.717, 1.165) is 23.7 Å². The molecule has 0 spiro atoms. The van der Waals surface area contributed by atoms with Crippen molar-refractivity contribution in [3.8, 4) is 0 Å². The Kier molecular flexibility index (Phi) is 3.88. The smallest absolute Gasteiger partial charge is 0.335 e. The lowest BCUT2D eigenvalue weighted by Crippen LogP contribution is -2.03. The number of hydrogen-bond donors (Lipinski definition) is 2. The number of carboxylic acid groups (broad SMARTS) is 1. The van der Waals surface area contributed by atoms with Crippen molar-refractivity contribution in [2.75, 3.05) is 5.32 Å². The molecule has 0 aliphatic heterocycles. The molecule has 0 saturated carbocycles. The Hall–Kier alpha value is -1.95. The minimum absolute atomic E-state index is 0.255. The van der Waals surface area contributed by atoms with Crippen molar-refractivity contribution in [1.29, 1.82) is 0 Å². The van der Waals surface area contributed by atoms with Crippen LogP contribution in [-0.2, 0) is 19.3 Å². The fourth-order valence-electron chi connectivity index (χ4n) is 2.47. The van der Waals surface area contributed by atoms with Crippen LogP contribution in [0.1, 0.15) is 46.4 Å². The van der Waals surface area contributed by atoms with Gasteiger partial charge in [0.1, 0.15) is 5.82 Å². The van der Waals surface area contributed by atoms with Crippen LogP contribution in [0.25, 0.3) is 0 Å². The molecule has 3 rings (SSSR count). The molecular formula is C15H17N3O2S. The number of carboxylic acids is 1. The van der Waals surface area contributed by atoms with E-state index in [4.69, 9.17) is 5.11 Å². The van der Waals surface area contributed by atoms with Crippen LogP contribution in [0.15, 0.2) is 12.1 Å². The third-order valence-electron chi connectivity index (χ3n) is 3.57. The van der Waals surface area contributed by atoms with Crippen LogP contribution >= 0.6 is 11.3 Å². The molecule has 0 aromatic carbocycles. The molecule has 2 heterocycles. The highest BCUT2D eigenvalue weighted by molar-refractivity contribution is 7.15. The number of hydrogen-bond acceptors (Lipinski definition) is 5.